The van der Waals surface area contributed by atoms with Crippen LogP contribution in [-0.2, 0) is 9.47 Å². The van der Waals surface area contributed by atoms with Crippen molar-refractivity contribution in [2.75, 3.05) is 38.7 Å². The van der Waals surface area contributed by atoms with Crippen LogP contribution in [0, 0.1) is 17.2 Å². The lowest BCUT2D eigenvalue weighted by molar-refractivity contribution is -0.0118. The van der Waals surface area contributed by atoms with Crippen molar-refractivity contribution in [2.24, 2.45) is 5.92 Å². The van der Waals surface area contributed by atoms with Crippen LogP contribution in [0.3, 0.4) is 0 Å². The molecule has 138 valence electrons. The molecule has 0 saturated carbocycles. The third-order valence-corrected chi connectivity index (χ3v) is 7.14. The van der Waals surface area contributed by atoms with Gasteiger partial charge in [-0.3, -0.25) is 4.79 Å². The van der Waals surface area contributed by atoms with Gasteiger partial charge in [0, 0.05) is 44.2 Å². The third kappa shape index (κ3) is 3.75. The Morgan fingerprint density at radius 3 is 2.96 bits per heavy atom. The number of rotatable bonds is 4. The summed E-state index contributed by atoms with van der Waals surface area (Å²) >= 11 is 1.95. The van der Waals surface area contributed by atoms with Gasteiger partial charge in [0.25, 0.3) is 5.91 Å². The first kappa shape index (κ1) is 17.8. The van der Waals surface area contributed by atoms with E-state index in [-0.39, 0.29) is 10.7 Å². The van der Waals surface area contributed by atoms with Gasteiger partial charge in [0.05, 0.1) is 22.5 Å². The molecule has 0 bridgehead atoms. The molecule has 5 nitrogen and oxygen atoms in total. The predicted molar refractivity (Wildman–Crippen MR) is 100 cm³/mol. The number of likely N-dealkylation sites (tertiary alicyclic amines) is 1. The molecule has 1 aromatic rings. The quantitative estimate of drug-likeness (QED) is 0.813. The molecule has 3 saturated heterocycles. The van der Waals surface area contributed by atoms with Gasteiger partial charge in [0.15, 0.2) is 0 Å². The molecule has 1 spiro atoms. The fourth-order valence-electron chi connectivity index (χ4n) is 4.01. The van der Waals surface area contributed by atoms with E-state index in [2.05, 4.69) is 6.07 Å². The van der Waals surface area contributed by atoms with Gasteiger partial charge in [-0.1, -0.05) is 6.07 Å². The first-order valence-corrected chi connectivity index (χ1v) is 10.3. The molecule has 1 aromatic carbocycles. The van der Waals surface area contributed by atoms with E-state index in [1.54, 1.807) is 24.3 Å². The van der Waals surface area contributed by atoms with Crippen LogP contribution < -0.4 is 0 Å². The van der Waals surface area contributed by atoms with E-state index in [1.165, 1.54) is 0 Å². The second-order valence-electron chi connectivity index (χ2n) is 7.56. The van der Waals surface area contributed by atoms with Gasteiger partial charge >= 0.3 is 0 Å². The van der Waals surface area contributed by atoms with E-state index in [4.69, 9.17) is 14.7 Å². The molecule has 3 fully saturated rings. The fraction of sp³-hybridized carbons (Fsp3) is 0.600. The molecule has 3 heterocycles. The first-order valence-electron chi connectivity index (χ1n) is 9.30. The number of benzene rings is 1. The smallest absolute Gasteiger partial charge is 0.253 e. The van der Waals surface area contributed by atoms with Gasteiger partial charge in [-0.15, -0.1) is 11.8 Å². The summed E-state index contributed by atoms with van der Waals surface area (Å²) in [5, 5.41) is 9.00. The van der Waals surface area contributed by atoms with Crippen LogP contribution in [0.25, 0.3) is 0 Å². The SMILES string of the molecule is N#Cc1cccc(C(=O)N2CC3(C[C@@H](OCC4CCOCC4)CS3)C2)c1. The van der Waals surface area contributed by atoms with E-state index in [1.807, 2.05) is 16.7 Å². The molecule has 0 aliphatic carbocycles. The van der Waals surface area contributed by atoms with Crippen molar-refractivity contribution >= 4 is 17.7 Å². The second-order valence-corrected chi connectivity index (χ2v) is 9.05. The molecule has 0 unspecified atom stereocenters. The normalized spacial score (nSPS) is 25.0. The fourth-order valence-corrected chi connectivity index (χ4v) is 5.56. The minimum atomic E-state index is 0.0277. The molecule has 1 atom stereocenters. The van der Waals surface area contributed by atoms with Crippen LogP contribution in [0.1, 0.15) is 35.2 Å². The number of thioether (sulfide) groups is 1. The maximum atomic E-state index is 12.6. The van der Waals surface area contributed by atoms with Gasteiger partial charge in [-0.2, -0.15) is 5.26 Å². The molecule has 3 aliphatic rings. The van der Waals surface area contributed by atoms with E-state index in [9.17, 15) is 4.79 Å². The van der Waals surface area contributed by atoms with E-state index in [0.717, 1.165) is 57.9 Å². The van der Waals surface area contributed by atoms with Crippen molar-refractivity contribution in [3.63, 3.8) is 0 Å². The molecule has 0 aromatic heterocycles. The lowest BCUT2D eigenvalue weighted by Crippen LogP contribution is -2.60. The van der Waals surface area contributed by atoms with Crippen LogP contribution in [0.2, 0.25) is 0 Å². The van der Waals surface area contributed by atoms with Gasteiger partial charge < -0.3 is 14.4 Å². The molecular formula is C20H24N2O3S. The molecule has 0 N–H and O–H groups in total. The standard InChI is InChI=1S/C20H24N2O3S/c21-10-16-2-1-3-17(8-16)19(23)22-13-20(14-22)9-18(12-26-20)25-11-15-4-6-24-7-5-15/h1-3,8,15,18H,4-7,9,11-14H2/t18-/m1/s1. The zero-order valence-corrected chi connectivity index (χ0v) is 15.7. The summed E-state index contributed by atoms with van der Waals surface area (Å²) in [4.78, 5) is 14.5. The average Bonchev–Trinajstić information content (AvgIpc) is 3.10. The van der Waals surface area contributed by atoms with Gasteiger partial charge in [0.2, 0.25) is 0 Å². The molecule has 6 heteroatoms. The number of hydrogen-bond donors (Lipinski definition) is 0. The van der Waals surface area contributed by atoms with E-state index >= 15 is 0 Å². The highest BCUT2D eigenvalue weighted by atomic mass is 32.2. The van der Waals surface area contributed by atoms with Gasteiger partial charge in [-0.05, 0) is 43.4 Å². The lowest BCUT2D eigenvalue weighted by Gasteiger charge is -2.47. The van der Waals surface area contributed by atoms with Gasteiger partial charge in [0.1, 0.15) is 0 Å². The summed E-state index contributed by atoms with van der Waals surface area (Å²) in [7, 11) is 0. The molecule has 26 heavy (non-hydrogen) atoms. The molecule has 4 rings (SSSR count). The van der Waals surface area contributed by atoms with Crippen LogP contribution in [-0.4, -0.2) is 60.3 Å². The second kappa shape index (κ2) is 7.59. The topological polar surface area (TPSA) is 62.6 Å². The maximum absolute atomic E-state index is 12.6. The minimum Gasteiger partial charge on any atom is -0.381 e. The highest BCUT2D eigenvalue weighted by Crippen LogP contribution is 2.46. The zero-order chi connectivity index (χ0) is 18.0. The minimum absolute atomic E-state index is 0.0277. The highest BCUT2D eigenvalue weighted by molar-refractivity contribution is 8.01. The number of hydrogen-bond acceptors (Lipinski definition) is 5. The lowest BCUT2D eigenvalue weighted by atomic mass is 9.92. The van der Waals surface area contributed by atoms with Crippen molar-refractivity contribution in [1.82, 2.24) is 4.90 Å². The Bertz CT molecular complexity index is 705. The Hall–Kier alpha value is -1.55. The summed E-state index contributed by atoms with van der Waals surface area (Å²) in [6.45, 7) is 4.13. The summed E-state index contributed by atoms with van der Waals surface area (Å²) in [5.74, 6) is 1.69. The van der Waals surface area contributed by atoms with E-state index in [0.29, 0.717) is 23.1 Å². The number of amides is 1. The largest absolute Gasteiger partial charge is 0.381 e. The summed E-state index contributed by atoms with van der Waals surface area (Å²) in [5.41, 5.74) is 1.14. The summed E-state index contributed by atoms with van der Waals surface area (Å²) in [6, 6.07) is 9.05. The van der Waals surface area contributed by atoms with Crippen LogP contribution in [0.15, 0.2) is 24.3 Å². The average molecular weight is 372 g/mol. The van der Waals surface area contributed by atoms with E-state index < -0.39 is 0 Å². The Labute approximate surface area is 158 Å². The number of ether oxygens (including phenoxy) is 2. The number of carbonyl (C=O) groups excluding carboxylic acids is 1. The highest BCUT2D eigenvalue weighted by Gasteiger charge is 2.51. The summed E-state index contributed by atoms with van der Waals surface area (Å²) < 4.78 is 11.7. The van der Waals surface area contributed by atoms with Crippen molar-refractivity contribution < 1.29 is 14.3 Å². The van der Waals surface area contributed by atoms with Crippen molar-refractivity contribution in [3.05, 3.63) is 35.4 Å². The van der Waals surface area contributed by atoms with Crippen molar-refractivity contribution in [1.29, 1.82) is 5.26 Å². The Kier molecular flexibility index (Phi) is 5.21. The Morgan fingerprint density at radius 1 is 1.38 bits per heavy atom. The predicted octanol–water partition coefficient (Wildman–Crippen LogP) is 2.70. The number of nitrogens with zero attached hydrogens (tertiary/aromatic N) is 2. The van der Waals surface area contributed by atoms with Crippen LogP contribution in [0.5, 0.6) is 0 Å². The van der Waals surface area contributed by atoms with Crippen LogP contribution >= 0.6 is 11.8 Å². The van der Waals surface area contributed by atoms with Crippen molar-refractivity contribution in [2.45, 2.75) is 30.1 Å². The maximum Gasteiger partial charge on any atom is 0.253 e. The number of carbonyl (C=O) groups is 1. The molecule has 0 radical (unpaired) electrons. The number of nitriles is 1. The Balaban J connectivity index is 1.26. The molecule has 1 amide bonds. The summed E-state index contributed by atoms with van der Waals surface area (Å²) in [6.07, 6.45) is 3.55. The Morgan fingerprint density at radius 2 is 2.19 bits per heavy atom. The van der Waals surface area contributed by atoms with Crippen LogP contribution in [0.4, 0.5) is 0 Å². The van der Waals surface area contributed by atoms with Gasteiger partial charge in [-0.25, -0.2) is 0 Å². The first-order chi connectivity index (χ1) is 12.7. The molecule has 3 aliphatic heterocycles. The zero-order valence-electron chi connectivity index (χ0n) is 14.9. The monoisotopic (exact) mass is 372 g/mol. The van der Waals surface area contributed by atoms with Crippen molar-refractivity contribution in [3.8, 4) is 6.07 Å². The molecular weight excluding hydrogens is 348 g/mol. The third-order valence-electron chi connectivity index (χ3n) is 5.57.